The molecule has 0 spiro atoms. The van der Waals surface area contributed by atoms with Crippen LogP contribution >= 0.6 is 0 Å². The molecule has 1 atom stereocenters. The number of fused-ring (bicyclic) bond motifs is 1. The molecule has 1 saturated heterocycles. The molecule has 1 N–H and O–H groups in total. The van der Waals surface area contributed by atoms with Gasteiger partial charge in [0.25, 0.3) is 5.91 Å². The van der Waals surface area contributed by atoms with Gasteiger partial charge in [-0.15, -0.1) is 0 Å². The zero-order valence-electron chi connectivity index (χ0n) is 15.3. The first-order valence-electron chi connectivity index (χ1n) is 9.27. The number of phenols is 1. The molecular formula is C21H21NO6. The van der Waals surface area contributed by atoms with E-state index in [9.17, 15) is 14.7 Å². The van der Waals surface area contributed by atoms with Gasteiger partial charge in [-0.1, -0.05) is 18.2 Å². The smallest absolute Gasteiger partial charge is 0.342 e. The van der Waals surface area contributed by atoms with Gasteiger partial charge in [0.05, 0.1) is 6.04 Å². The number of carbonyl (C=O) groups is 2. The highest BCUT2D eigenvalue weighted by Gasteiger charge is 2.31. The van der Waals surface area contributed by atoms with E-state index in [2.05, 4.69) is 0 Å². The zero-order chi connectivity index (χ0) is 19.5. The Balaban J connectivity index is 1.42. The molecule has 7 heteroatoms. The summed E-state index contributed by atoms with van der Waals surface area (Å²) in [6.45, 7) is 1.27. The van der Waals surface area contributed by atoms with E-state index in [0.717, 1.165) is 18.4 Å². The summed E-state index contributed by atoms with van der Waals surface area (Å²) in [5.74, 6) is 0.245. The van der Waals surface area contributed by atoms with E-state index in [1.807, 2.05) is 18.2 Å². The predicted octanol–water partition coefficient (Wildman–Crippen LogP) is 2.68. The van der Waals surface area contributed by atoms with Gasteiger partial charge in [0.2, 0.25) is 0 Å². The standard InChI is InChI=1S/C21H21NO6/c23-17-6-2-1-4-15(17)21(25)28-13-20(24)22-9-3-5-16(22)14-7-8-18-19(12-14)27-11-10-26-18/h1-2,4,6-8,12,16,23H,3,5,9-11,13H2. The van der Waals surface area contributed by atoms with Crippen molar-refractivity contribution in [3.05, 3.63) is 53.6 Å². The van der Waals surface area contributed by atoms with Gasteiger partial charge in [-0.25, -0.2) is 4.79 Å². The molecule has 2 heterocycles. The molecule has 2 aliphatic heterocycles. The lowest BCUT2D eigenvalue weighted by Crippen LogP contribution is -2.34. The Hall–Kier alpha value is -3.22. The number of ether oxygens (including phenoxy) is 3. The Kier molecular flexibility index (Phi) is 5.06. The van der Waals surface area contributed by atoms with E-state index < -0.39 is 5.97 Å². The lowest BCUT2D eigenvalue weighted by Gasteiger charge is -2.26. The molecule has 0 bridgehead atoms. The van der Waals surface area contributed by atoms with Crippen molar-refractivity contribution in [1.29, 1.82) is 0 Å². The molecule has 2 aromatic rings. The monoisotopic (exact) mass is 383 g/mol. The summed E-state index contributed by atoms with van der Waals surface area (Å²) < 4.78 is 16.3. The van der Waals surface area contributed by atoms with E-state index in [-0.39, 0.29) is 29.9 Å². The van der Waals surface area contributed by atoms with E-state index in [4.69, 9.17) is 14.2 Å². The highest BCUT2D eigenvalue weighted by molar-refractivity contribution is 5.93. The molecule has 1 amide bonds. The normalized spacial score (nSPS) is 18.0. The average Bonchev–Trinajstić information content (AvgIpc) is 3.22. The van der Waals surface area contributed by atoms with E-state index in [1.54, 1.807) is 17.0 Å². The number of aromatic hydroxyl groups is 1. The third-order valence-corrected chi connectivity index (χ3v) is 4.97. The number of esters is 1. The molecule has 0 radical (unpaired) electrons. The maximum Gasteiger partial charge on any atom is 0.342 e. The van der Waals surface area contributed by atoms with Gasteiger partial charge in [0, 0.05) is 6.54 Å². The van der Waals surface area contributed by atoms with Gasteiger partial charge in [-0.05, 0) is 42.7 Å². The maximum absolute atomic E-state index is 12.7. The summed E-state index contributed by atoms with van der Waals surface area (Å²) in [5, 5.41) is 9.73. The summed E-state index contributed by atoms with van der Waals surface area (Å²) in [6.07, 6.45) is 1.71. The fourth-order valence-corrected chi connectivity index (χ4v) is 3.61. The third kappa shape index (κ3) is 3.60. The van der Waals surface area contributed by atoms with Crippen LogP contribution in [0.1, 0.15) is 34.8 Å². The van der Waals surface area contributed by atoms with Crippen molar-refractivity contribution >= 4 is 11.9 Å². The van der Waals surface area contributed by atoms with Crippen LogP contribution in [0.5, 0.6) is 17.2 Å². The Bertz CT molecular complexity index is 896. The first kappa shape index (κ1) is 18.2. The first-order chi connectivity index (χ1) is 13.6. The molecule has 1 fully saturated rings. The van der Waals surface area contributed by atoms with Gasteiger partial charge in [-0.2, -0.15) is 0 Å². The lowest BCUT2D eigenvalue weighted by molar-refractivity contribution is -0.135. The van der Waals surface area contributed by atoms with Gasteiger partial charge in [-0.3, -0.25) is 4.79 Å². The van der Waals surface area contributed by atoms with Gasteiger partial charge in [0.1, 0.15) is 24.5 Å². The number of rotatable bonds is 4. The Morgan fingerprint density at radius 2 is 1.89 bits per heavy atom. The second kappa shape index (κ2) is 7.80. The summed E-state index contributed by atoms with van der Waals surface area (Å²) in [5.41, 5.74) is 1.02. The van der Waals surface area contributed by atoms with Crippen molar-refractivity contribution in [3.8, 4) is 17.2 Å². The van der Waals surface area contributed by atoms with Crippen molar-refractivity contribution in [2.24, 2.45) is 0 Å². The largest absolute Gasteiger partial charge is 0.507 e. The number of hydrogen-bond acceptors (Lipinski definition) is 6. The van der Waals surface area contributed by atoms with E-state index >= 15 is 0 Å². The van der Waals surface area contributed by atoms with E-state index in [0.29, 0.717) is 31.3 Å². The summed E-state index contributed by atoms with van der Waals surface area (Å²) in [4.78, 5) is 26.5. The Morgan fingerprint density at radius 1 is 1.11 bits per heavy atom. The number of para-hydroxylation sites is 1. The highest BCUT2D eigenvalue weighted by atomic mass is 16.6. The highest BCUT2D eigenvalue weighted by Crippen LogP contribution is 2.38. The number of amides is 1. The van der Waals surface area contributed by atoms with Crippen molar-refractivity contribution in [1.82, 2.24) is 4.90 Å². The minimum atomic E-state index is -0.721. The molecule has 4 rings (SSSR count). The molecule has 0 aliphatic carbocycles. The number of benzene rings is 2. The van der Waals surface area contributed by atoms with Crippen LogP contribution in [0.3, 0.4) is 0 Å². The maximum atomic E-state index is 12.7. The van der Waals surface area contributed by atoms with Crippen molar-refractivity contribution < 1.29 is 28.9 Å². The molecule has 7 nitrogen and oxygen atoms in total. The van der Waals surface area contributed by atoms with Crippen LogP contribution in [-0.2, 0) is 9.53 Å². The number of nitrogens with zero attached hydrogens (tertiary/aromatic N) is 1. The SMILES string of the molecule is O=C(OCC(=O)N1CCCC1c1ccc2c(c1)OCCO2)c1ccccc1O. The Morgan fingerprint density at radius 3 is 2.71 bits per heavy atom. The minimum Gasteiger partial charge on any atom is -0.507 e. The van der Waals surface area contributed by atoms with Crippen molar-refractivity contribution in [2.45, 2.75) is 18.9 Å². The second-order valence-corrected chi connectivity index (χ2v) is 6.74. The van der Waals surface area contributed by atoms with Crippen LogP contribution in [0.2, 0.25) is 0 Å². The van der Waals surface area contributed by atoms with Crippen molar-refractivity contribution in [3.63, 3.8) is 0 Å². The fraction of sp³-hybridized carbons (Fsp3) is 0.333. The molecule has 1 unspecified atom stereocenters. The molecule has 146 valence electrons. The van der Waals surface area contributed by atoms with Crippen LogP contribution < -0.4 is 9.47 Å². The summed E-state index contributed by atoms with van der Waals surface area (Å²) in [6, 6.07) is 11.7. The third-order valence-electron chi connectivity index (χ3n) is 4.97. The Labute approximate surface area is 162 Å². The first-order valence-corrected chi connectivity index (χ1v) is 9.27. The number of hydrogen-bond donors (Lipinski definition) is 1. The van der Waals surface area contributed by atoms with Gasteiger partial charge < -0.3 is 24.2 Å². The lowest BCUT2D eigenvalue weighted by atomic mass is 10.0. The molecule has 2 aliphatic rings. The molecule has 0 aromatic heterocycles. The average molecular weight is 383 g/mol. The van der Waals surface area contributed by atoms with Gasteiger partial charge >= 0.3 is 5.97 Å². The second-order valence-electron chi connectivity index (χ2n) is 6.74. The minimum absolute atomic E-state index is 0.0418. The quantitative estimate of drug-likeness (QED) is 0.817. The van der Waals surface area contributed by atoms with Crippen LogP contribution in [-0.4, -0.2) is 48.2 Å². The van der Waals surface area contributed by atoms with Crippen LogP contribution in [0.15, 0.2) is 42.5 Å². The topological polar surface area (TPSA) is 85.3 Å². The molecule has 2 aromatic carbocycles. The zero-order valence-corrected chi connectivity index (χ0v) is 15.3. The van der Waals surface area contributed by atoms with Crippen molar-refractivity contribution in [2.75, 3.05) is 26.4 Å². The molecular weight excluding hydrogens is 362 g/mol. The van der Waals surface area contributed by atoms with Gasteiger partial charge in [0.15, 0.2) is 18.1 Å². The number of likely N-dealkylation sites (tertiary alicyclic amines) is 1. The molecule has 0 saturated carbocycles. The molecule has 28 heavy (non-hydrogen) atoms. The van der Waals surface area contributed by atoms with Crippen LogP contribution in [0.4, 0.5) is 0 Å². The fourth-order valence-electron chi connectivity index (χ4n) is 3.61. The predicted molar refractivity (Wildman–Crippen MR) is 99.5 cm³/mol. The summed E-state index contributed by atoms with van der Waals surface area (Å²) >= 11 is 0. The number of carbonyl (C=O) groups excluding carboxylic acids is 2. The summed E-state index contributed by atoms with van der Waals surface area (Å²) in [7, 11) is 0. The number of phenolic OH excluding ortho intramolecular Hbond substituents is 1. The van der Waals surface area contributed by atoms with Crippen LogP contribution in [0, 0.1) is 0 Å². The van der Waals surface area contributed by atoms with Crippen LogP contribution in [0.25, 0.3) is 0 Å². The van der Waals surface area contributed by atoms with E-state index in [1.165, 1.54) is 12.1 Å².